The molecule has 1 fully saturated rings. The maximum Gasteiger partial charge on any atom is 0.0967 e. The van der Waals surface area contributed by atoms with Crippen LogP contribution in [0, 0.1) is 0 Å². The molecule has 0 aromatic rings. The van der Waals surface area contributed by atoms with Gasteiger partial charge in [-0.3, -0.25) is 0 Å². The standard InChI is InChI=1S/C4H8O.CH2Cl2.CH4O.H2O/c1-2-4-5-3-1;2-1-3;1-2;/h1-4H2;1H2;2H,1H3;1H2. The molecule has 0 aromatic carbocycles. The molecule has 1 aliphatic rings. The number of ether oxygens (including phenoxy) is 1. The molecule has 0 spiro atoms. The van der Waals surface area contributed by atoms with Gasteiger partial charge in [0.15, 0.2) is 0 Å². The summed E-state index contributed by atoms with van der Waals surface area (Å²) >= 11 is 9.53. The molecule has 0 saturated carbocycles. The van der Waals surface area contributed by atoms with Gasteiger partial charge in [-0.25, -0.2) is 0 Å². The Hall–Kier alpha value is 0.460. The topological polar surface area (TPSA) is 61.0 Å². The van der Waals surface area contributed by atoms with Crippen LogP contribution < -0.4 is 0 Å². The van der Waals surface area contributed by atoms with Crippen LogP contribution in [0.3, 0.4) is 0 Å². The molecule has 5 heteroatoms. The first-order valence-corrected chi connectivity index (χ1v) is 4.13. The fourth-order valence-corrected chi connectivity index (χ4v) is 0.510. The molecule has 11 heavy (non-hydrogen) atoms. The van der Waals surface area contributed by atoms with Gasteiger partial charge in [0.1, 0.15) is 0 Å². The van der Waals surface area contributed by atoms with E-state index in [-0.39, 0.29) is 10.8 Å². The van der Waals surface area contributed by atoms with E-state index >= 15 is 0 Å². The first-order chi connectivity index (χ1) is 4.91. The number of hydrogen-bond acceptors (Lipinski definition) is 2. The van der Waals surface area contributed by atoms with Crippen LogP contribution in [0.5, 0.6) is 0 Å². The van der Waals surface area contributed by atoms with E-state index in [4.69, 9.17) is 33.0 Å². The quantitative estimate of drug-likeness (QED) is 0.602. The molecular weight excluding hydrogens is 191 g/mol. The zero-order chi connectivity index (χ0) is 8.24. The summed E-state index contributed by atoms with van der Waals surface area (Å²) in [5.41, 5.74) is 0. The van der Waals surface area contributed by atoms with E-state index in [0.29, 0.717) is 0 Å². The fourth-order valence-electron chi connectivity index (χ4n) is 0.510. The molecule has 0 atom stereocenters. The minimum absolute atomic E-state index is 0. The second-order valence-corrected chi connectivity index (χ2v) is 2.23. The Balaban J connectivity index is -0.0000000956. The Morgan fingerprint density at radius 1 is 1.18 bits per heavy atom. The van der Waals surface area contributed by atoms with Crippen LogP contribution in [0.1, 0.15) is 12.8 Å². The highest BCUT2D eigenvalue weighted by Crippen LogP contribution is 1.98. The van der Waals surface area contributed by atoms with Gasteiger partial charge in [-0.15, -0.1) is 23.2 Å². The van der Waals surface area contributed by atoms with Gasteiger partial charge < -0.3 is 15.3 Å². The van der Waals surface area contributed by atoms with Crippen molar-refractivity contribution < 1.29 is 15.3 Å². The zero-order valence-electron chi connectivity index (χ0n) is 6.65. The molecule has 1 rings (SSSR count). The first kappa shape index (κ1) is 17.5. The Labute approximate surface area is 77.6 Å². The summed E-state index contributed by atoms with van der Waals surface area (Å²) in [6.45, 7) is 2.00. The van der Waals surface area contributed by atoms with E-state index in [2.05, 4.69) is 0 Å². The van der Waals surface area contributed by atoms with Gasteiger partial charge in [-0.2, -0.15) is 0 Å². The molecule has 3 N–H and O–H groups in total. The first-order valence-electron chi connectivity index (χ1n) is 3.06. The van der Waals surface area contributed by atoms with Gasteiger partial charge in [0.05, 0.1) is 5.34 Å². The van der Waals surface area contributed by atoms with Crippen molar-refractivity contribution in [3.8, 4) is 0 Å². The molecule has 1 heterocycles. The highest BCUT2D eigenvalue weighted by atomic mass is 35.5. The van der Waals surface area contributed by atoms with Crippen LogP contribution in [0.2, 0.25) is 0 Å². The van der Waals surface area contributed by atoms with Gasteiger partial charge >= 0.3 is 0 Å². The summed E-state index contributed by atoms with van der Waals surface area (Å²) in [7, 11) is 1.00. The van der Waals surface area contributed by atoms with Crippen molar-refractivity contribution in [2.75, 3.05) is 25.7 Å². The van der Waals surface area contributed by atoms with E-state index < -0.39 is 0 Å². The van der Waals surface area contributed by atoms with Crippen LogP contribution in [0.15, 0.2) is 0 Å². The number of hydrogen-bond donors (Lipinski definition) is 1. The zero-order valence-corrected chi connectivity index (χ0v) is 8.16. The monoisotopic (exact) mass is 206 g/mol. The Kier molecular flexibility index (Phi) is 35.7. The lowest BCUT2D eigenvalue weighted by molar-refractivity contribution is 0.198. The van der Waals surface area contributed by atoms with E-state index in [1.165, 1.54) is 12.8 Å². The number of rotatable bonds is 0. The molecule has 1 aliphatic heterocycles. The maximum atomic E-state index is 7.00. The lowest BCUT2D eigenvalue weighted by Gasteiger charge is -1.76. The molecule has 1 saturated heterocycles. The summed E-state index contributed by atoms with van der Waals surface area (Å²) in [5, 5.41) is 7.19. The van der Waals surface area contributed by atoms with E-state index in [1.807, 2.05) is 0 Å². The maximum absolute atomic E-state index is 7.00. The van der Waals surface area contributed by atoms with Gasteiger partial charge in [0.2, 0.25) is 0 Å². The van der Waals surface area contributed by atoms with Crippen molar-refractivity contribution in [1.29, 1.82) is 0 Å². The van der Waals surface area contributed by atoms with Crippen LogP contribution in [-0.4, -0.2) is 36.2 Å². The van der Waals surface area contributed by atoms with Crippen molar-refractivity contribution >= 4 is 23.2 Å². The average Bonchev–Trinajstić information content (AvgIpc) is 2.48. The molecule has 0 aromatic heterocycles. The third-order valence-corrected chi connectivity index (χ3v) is 0.827. The third kappa shape index (κ3) is 25.1. The Morgan fingerprint density at radius 2 is 1.45 bits per heavy atom. The lowest BCUT2D eigenvalue weighted by atomic mass is 10.4. The summed E-state index contributed by atoms with van der Waals surface area (Å²) < 4.78 is 4.94. The second-order valence-electron chi connectivity index (χ2n) is 1.42. The van der Waals surface area contributed by atoms with Crippen LogP contribution in [0.25, 0.3) is 0 Å². The molecule has 0 radical (unpaired) electrons. The van der Waals surface area contributed by atoms with Gasteiger partial charge in [0, 0.05) is 20.3 Å². The van der Waals surface area contributed by atoms with Crippen LogP contribution >= 0.6 is 23.2 Å². The van der Waals surface area contributed by atoms with E-state index in [1.54, 1.807) is 0 Å². The van der Waals surface area contributed by atoms with Crippen LogP contribution in [-0.2, 0) is 4.74 Å². The largest absolute Gasteiger partial charge is 0.412 e. The van der Waals surface area contributed by atoms with Crippen molar-refractivity contribution in [1.82, 2.24) is 0 Å². The summed E-state index contributed by atoms with van der Waals surface area (Å²) in [6.07, 6.45) is 2.56. The van der Waals surface area contributed by atoms with E-state index in [9.17, 15) is 0 Å². The molecule has 0 bridgehead atoms. The minimum Gasteiger partial charge on any atom is -0.412 e. The summed E-state index contributed by atoms with van der Waals surface area (Å²) in [4.78, 5) is 0. The van der Waals surface area contributed by atoms with Gasteiger partial charge in [-0.1, -0.05) is 0 Å². The number of alkyl halides is 2. The molecule has 0 aliphatic carbocycles. The smallest absolute Gasteiger partial charge is 0.0967 e. The van der Waals surface area contributed by atoms with E-state index in [0.717, 1.165) is 20.3 Å². The summed E-state index contributed by atoms with van der Waals surface area (Å²) in [6, 6.07) is 0. The van der Waals surface area contributed by atoms with Crippen LogP contribution in [0.4, 0.5) is 0 Å². The lowest BCUT2D eigenvalue weighted by Crippen LogP contribution is -1.74. The number of aliphatic hydroxyl groups is 1. The highest BCUT2D eigenvalue weighted by Gasteiger charge is 1.94. The Bertz CT molecular complexity index is 35.2. The third-order valence-electron chi connectivity index (χ3n) is 0.827. The predicted molar refractivity (Wildman–Crippen MR) is 48.4 cm³/mol. The predicted octanol–water partition coefficient (Wildman–Crippen LogP) is 1.00. The normalized spacial score (nSPS) is 13.1. The molecule has 0 amide bonds. The van der Waals surface area contributed by atoms with Crippen molar-refractivity contribution in [2.45, 2.75) is 12.8 Å². The molecule has 3 nitrogen and oxygen atoms in total. The fraction of sp³-hybridized carbons (Fsp3) is 1.00. The van der Waals surface area contributed by atoms with Crippen molar-refractivity contribution in [2.24, 2.45) is 0 Å². The van der Waals surface area contributed by atoms with Gasteiger partial charge in [0.25, 0.3) is 0 Å². The molecule has 0 unspecified atom stereocenters. The second kappa shape index (κ2) is 22.4. The molecular formula is C6H16Cl2O3. The van der Waals surface area contributed by atoms with Crippen molar-refractivity contribution in [3.63, 3.8) is 0 Å². The highest BCUT2D eigenvalue weighted by molar-refractivity contribution is 6.40. The van der Waals surface area contributed by atoms with Crippen molar-refractivity contribution in [3.05, 3.63) is 0 Å². The Morgan fingerprint density at radius 3 is 1.55 bits per heavy atom. The number of halogens is 2. The summed E-state index contributed by atoms with van der Waals surface area (Å²) in [5.74, 6) is 0. The van der Waals surface area contributed by atoms with Gasteiger partial charge in [-0.05, 0) is 12.8 Å². The minimum atomic E-state index is 0. The number of aliphatic hydroxyl groups excluding tert-OH is 1. The SMILES string of the molecule is C1CCOC1.CO.ClCCl.O. The average molecular weight is 207 g/mol. The molecule has 72 valence electrons.